The van der Waals surface area contributed by atoms with E-state index >= 15 is 0 Å². The third-order valence-electron chi connectivity index (χ3n) is 5.64. The largest absolute Gasteiger partial charge is 1.00 e. The molecule has 9 nitrogen and oxygen atoms in total. The van der Waals surface area contributed by atoms with Crippen LogP contribution in [-0.2, 0) is 24.7 Å². The number of anilines is 2. The van der Waals surface area contributed by atoms with Gasteiger partial charge in [-0.25, -0.2) is 16.8 Å². The van der Waals surface area contributed by atoms with Crippen molar-refractivity contribution in [3.63, 3.8) is 0 Å². The number of hydrogen-bond donors (Lipinski definition) is 1. The van der Waals surface area contributed by atoms with Crippen LogP contribution < -0.4 is 39.8 Å². The first-order valence-electron chi connectivity index (χ1n) is 11.3. The molecule has 0 radical (unpaired) electrons. The Labute approximate surface area is 248 Å². The molecule has 2 aromatic carbocycles. The normalized spacial score (nSPS) is 18.1. The Morgan fingerprint density at radius 1 is 1.13 bits per heavy atom. The minimum Gasteiger partial charge on any atom is -0.748 e. The molecule has 1 amide bonds. The van der Waals surface area contributed by atoms with Gasteiger partial charge in [-0.15, -0.1) is 0 Å². The van der Waals surface area contributed by atoms with Gasteiger partial charge in [-0.1, -0.05) is 43.0 Å². The SMILES string of the molecule is CCC(=O)Nc1ccc2c(c1)S/C(=C/C=C/C=C1/C(=O)c3ccccc3S1(=O)=O)N2CCCS(=O)(=O)[O-].[Na+]. The number of nitrogens with zero attached hydrogens (tertiary/aromatic N) is 1. The van der Waals surface area contributed by atoms with Gasteiger partial charge in [0.05, 0.1) is 25.7 Å². The van der Waals surface area contributed by atoms with Crippen LogP contribution in [0.3, 0.4) is 0 Å². The van der Waals surface area contributed by atoms with E-state index in [2.05, 4.69) is 5.32 Å². The Balaban J connectivity index is 0.00000400. The van der Waals surface area contributed by atoms with Crippen molar-refractivity contribution >= 4 is 54.8 Å². The first-order valence-corrected chi connectivity index (χ1v) is 15.2. The quantitative estimate of drug-likeness (QED) is 0.272. The summed E-state index contributed by atoms with van der Waals surface area (Å²) in [5, 5.41) is 3.50. The van der Waals surface area contributed by atoms with Crippen molar-refractivity contribution in [1.29, 1.82) is 0 Å². The summed E-state index contributed by atoms with van der Waals surface area (Å²) in [7, 11) is -8.25. The smallest absolute Gasteiger partial charge is 0.748 e. The molecule has 0 saturated heterocycles. The number of fused-ring (bicyclic) bond motifs is 2. The van der Waals surface area contributed by atoms with Crippen molar-refractivity contribution in [2.24, 2.45) is 0 Å². The molecule has 0 saturated carbocycles. The first kappa shape index (κ1) is 30.4. The Kier molecular flexibility index (Phi) is 9.85. The number of hydrogen-bond acceptors (Lipinski definition) is 9. The third-order valence-corrected chi connectivity index (χ3v) is 9.38. The summed E-state index contributed by atoms with van der Waals surface area (Å²) in [5.74, 6) is -1.20. The molecule has 13 heteroatoms. The molecule has 0 fully saturated rings. The van der Waals surface area contributed by atoms with E-state index in [-0.39, 0.29) is 63.8 Å². The average Bonchev–Trinajstić information content (AvgIpc) is 3.27. The van der Waals surface area contributed by atoms with Crippen LogP contribution >= 0.6 is 11.8 Å². The number of sulfone groups is 1. The van der Waals surface area contributed by atoms with Crippen LogP contribution in [0.15, 0.2) is 86.5 Å². The molecule has 2 aliphatic heterocycles. The molecular formula is C25H23N2NaO7S3. The summed E-state index contributed by atoms with van der Waals surface area (Å²) in [4.78, 5) is 26.7. The summed E-state index contributed by atoms with van der Waals surface area (Å²) >= 11 is 1.37. The molecule has 0 bridgehead atoms. The topological polar surface area (TPSA) is 141 Å². The summed E-state index contributed by atoms with van der Waals surface area (Å²) < 4.78 is 58.7. The van der Waals surface area contributed by atoms with Crippen LogP contribution in [0.25, 0.3) is 0 Å². The van der Waals surface area contributed by atoms with Gasteiger partial charge in [0.1, 0.15) is 4.91 Å². The van der Waals surface area contributed by atoms with E-state index in [1.54, 1.807) is 49.4 Å². The molecule has 0 unspecified atom stereocenters. The molecule has 38 heavy (non-hydrogen) atoms. The second-order valence-electron chi connectivity index (χ2n) is 8.20. The molecule has 2 aromatic rings. The van der Waals surface area contributed by atoms with Gasteiger partial charge in [0.25, 0.3) is 0 Å². The number of amides is 1. The molecule has 0 spiro atoms. The predicted molar refractivity (Wildman–Crippen MR) is 141 cm³/mol. The van der Waals surface area contributed by atoms with Gasteiger partial charge in [-0.3, -0.25) is 9.59 Å². The zero-order chi connectivity index (χ0) is 26.8. The van der Waals surface area contributed by atoms with Crippen molar-refractivity contribution in [1.82, 2.24) is 0 Å². The third kappa shape index (κ3) is 6.68. The fourth-order valence-corrected chi connectivity index (χ4v) is 7.07. The van der Waals surface area contributed by atoms with Crippen LogP contribution in [0, 0.1) is 0 Å². The maximum Gasteiger partial charge on any atom is 1.00 e. The average molecular weight is 583 g/mol. The summed E-state index contributed by atoms with van der Waals surface area (Å²) in [6.45, 7) is 2.00. The van der Waals surface area contributed by atoms with Gasteiger partial charge in [-0.2, -0.15) is 0 Å². The molecule has 4 rings (SSSR count). The van der Waals surface area contributed by atoms with E-state index in [9.17, 15) is 31.0 Å². The minimum atomic E-state index is -4.36. The standard InChI is InChI=1S/C25H24N2O7S3.Na/c1-2-23(28)26-17-12-13-19-20(16-17)35-24(27(19)14-7-15-36(30,31)32)11-6-5-10-22-25(29)18-8-3-4-9-21(18)37(22,33)34;/h3-6,8-13,16H,2,7,14-15H2,1H3,(H,26,28)(H,30,31,32);/q;+1/p-1/b6-5+,22-10-,24-11+;. The van der Waals surface area contributed by atoms with Crippen LogP contribution in [0.1, 0.15) is 30.1 Å². The second-order valence-corrected chi connectivity index (χ2v) is 12.7. The van der Waals surface area contributed by atoms with Gasteiger partial charge >= 0.3 is 29.6 Å². The Morgan fingerprint density at radius 2 is 1.84 bits per heavy atom. The van der Waals surface area contributed by atoms with Crippen molar-refractivity contribution in [2.45, 2.75) is 29.6 Å². The number of carbonyl (C=O) groups excluding carboxylic acids is 2. The molecule has 0 aromatic heterocycles. The number of thioether (sulfide) groups is 1. The van der Waals surface area contributed by atoms with Gasteiger partial charge in [-0.05, 0) is 48.9 Å². The van der Waals surface area contributed by atoms with E-state index in [1.807, 2.05) is 4.90 Å². The number of ketones is 1. The molecule has 2 heterocycles. The zero-order valence-electron chi connectivity index (χ0n) is 20.7. The van der Waals surface area contributed by atoms with Gasteiger partial charge < -0.3 is 14.8 Å². The number of nitrogens with one attached hydrogen (secondary N) is 1. The maximum atomic E-state index is 12.7. The molecule has 194 valence electrons. The Hall–Kier alpha value is -2.19. The van der Waals surface area contributed by atoms with Crippen LogP contribution in [0.5, 0.6) is 0 Å². The first-order chi connectivity index (χ1) is 17.5. The van der Waals surface area contributed by atoms with Gasteiger partial charge in [0.2, 0.25) is 21.5 Å². The van der Waals surface area contributed by atoms with Crippen molar-refractivity contribution in [3.05, 3.63) is 82.3 Å². The Morgan fingerprint density at radius 3 is 2.53 bits per heavy atom. The van der Waals surface area contributed by atoms with E-state index in [1.165, 1.54) is 36.0 Å². The van der Waals surface area contributed by atoms with E-state index in [0.29, 0.717) is 17.1 Å². The fourth-order valence-electron chi connectivity index (χ4n) is 3.89. The zero-order valence-corrected chi connectivity index (χ0v) is 25.2. The van der Waals surface area contributed by atoms with E-state index < -0.39 is 31.5 Å². The van der Waals surface area contributed by atoms with Gasteiger partial charge in [0, 0.05) is 34.9 Å². The summed E-state index contributed by atoms with van der Waals surface area (Å²) in [6, 6.07) is 11.4. The van der Waals surface area contributed by atoms with Gasteiger partial charge in [0.15, 0.2) is 0 Å². The van der Waals surface area contributed by atoms with E-state index in [0.717, 1.165) is 10.6 Å². The number of rotatable bonds is 8. The Bertz CT molecular complexity index is 1580. The summed E-state index contributed by atoms with van der Waals surface area (Å²) in [6.07, 6.45) is 6.45. The molecular weight excluding hydrogens is 559 g/mol. The maximum absolute atomic E-state index is 12.7. The second kappa shape index (κ2) is 12.3. The number of carbonyl (C=O) groups is 2. The minimum absolute atomic E-state index is 0. The van der Waals surface area contributed by atoms with Crippen LogP contribution in [-0.4, -0.2) is 45.4 Å². The van der Waals surface area contributed by atoms with Crippen molar-refractivity contribution in [3.8, 4) is 0 Å². The number of Topliss-reactive ketones (excluding diaryl/α,β-unsaturated/α-hetero) is 1. The molecule has 1 N–H and O–H groups in total. The van der Waals surface area contributed by atoms with Crippen molar-refractivity contribution < 1.29 is 60.5 Å². The van der Waals surface area contributed by atoms with E-state index in [4.69, 9.17) is 0 Å². The monoisotopic (exact) mass is 582 g/mol. The number of allylic oxidation sites excluding steroid dienone is 5. The predicted octanol–water partition coefficient (Wildman–Crippen LogP) is 0.838. The van der Waals surface area contributed by atoms with Crippen molar-refractivity contribution in [2.75, 3.05) is 22.5 Å². The fraction of sp³-hybridized carbons (Fsp3) is 0.200. The molecule has 0 atom stereocenters. The van der Waals surface area contributed by atoms with Crippen LogP contribution in [0.2, 0.25) is 0 Å². The summed E-state index contributed by atoms with van der Waals surface area (Å²) in [5.41, 5.74) is 1.55. The molecule has 2 aliphatic rings. The molecule has 0 aliphatic carbocycles. The van der Waals surface area contributed by atoms with Crippen LogP contribution in [0.4, 0.5) is 11.4 Å². The number of benzene rings is 2.